The Morgan fingerprint density at radius 3 is 3.06 bits per heavy atom. The highest BCUT2D eigenvalue weighted by atomic mass is 16.5. The number of aromatic nitrogens is 2. The van der Waals surface area contributed by atoms with Crippen molar-refractivity contribution in [3.8, 4) is 0 Å². The lowest BCUT2D eigenvalue weighted by Gasteiger charge is -2.14. The van der Waals surface area contributed by atoms with Gasteiger partial charge in [0.1, 0.15) is 12.0 Å². The summed E-state index contributed by atoms with van der Waals surface area (Å²) in [7, 11) is 0. The number of anilines is 1. The standard InChI is InChI=1S/C10H15N3O3/c1-6-4-9(16-7(6)5-14)13-3-2-8(11)12-10(13)15/h2-3,6-7,9,14H,4-5H2,1H3,(H2,11,12,15)/t6?,7-,9-/m0/s1. The van der Waals surface area contributed by atoms with Crippen LogP contribution in [0.3, 0.4) is 0 Å². The summed E-state index contributed by atoms with van der Waals surface area (Å²) in [6, 6.07) is 1.56. The second-order valence-electron chi connectivity index (χ2n) is 4.07. The van der Waals surface area contributed by atoms with E-state index in [9.17, 15) is 4.79 Å². The Hall–Kier alpha value is -1.40. The van der Waals surface area contributed by atoms with Crippen LogP contribution in [0.1, 0.15) is 19.6 Å². The maximum absolute atomic E-state index is 11.6. The summed E-state index contributed by atoms with van der Waals surface area (Å²) < 4.78 is 6.97. The lowest BCUT2D eigenvalue weighted by Crippen LogP contribution is -2.27. The highest BCUT2D eigenvalue weighted by Crippen LogP contribution is 2.31. The summed E-state index contributed by atoms with van der Waals surface area (Å²) in [6.45, 7) is 1.95. The van der Waals surface area contributed by atoms with Crippen LogP contribution >= 0.6 is 0 Å². The zero-order valence-corrected chi connectivity index (χ0v) is 9.04. The van der Waals surface area contributed by atoms with Gasteiger partial charge in [-0.2, -0.15) is 4.98 Å². The molecule has 1 saturated heterocycles. The van der Waals surface area contributed by atoms with Crippen LogP contribution in [0.4, 0.5) is 5.82 Å². The van der Waals surface area contributed by atoms with Gasteiger partial charge in [0.25, 0.3) is 0 Å². The van der Waals surface area contributed by atoms with Crippen LogP contribution in [0.25, 0.3) is 0 Å². The van der Waals surface area contributed by atoms with Gasteiger partial charge in [-0.15, -0.1) is 0 Å². The van der Waals surface area contributed by atoms with E-state index >= 15 is 0 Å². The maximum atomic E-state index is 11.6. The van der Waals surface area contributed by atoms with Crippen molar-refractivity contribution < 1.29 is 9.84 Å². The van der Waals surface area contributed by atoms with Crippen molar-refractivity contribution in [2.24, 2.45) is 5.92 Å². The number of hydrogen-bond donors (Lipinski definition) is 2. The van der Waals surface area contributed by atoms with Crippen molar-refractivity contribution in [2.45, 2.75) is 25.7 Å². The van der Waals surface area contributed by atoms with Gasteiger partial charge in [0.05, 0.1) is 12.7 Å². The molecule has 1 unspecified atom stereocenters. The molecule has 1 aliphatic heterocycles. The van der Waals surface area contributed by atoms with Gasteiger partial charge in [-0.1, -0.05) is 6.92 Å². The van der Waals surface area contributed by atoms with Gasteiger partial charge in [-0.05, 0) is 18.4 Å². The first-order chi connectivity index (χ1) is 7.61. The van der Waals surface area contributed by atoms with Crippen LogP contribution in [0, 0.1) is 5.92 Å². The van der Waals surface area contributed by atoms with Gasteiger partial charge in [0.15, 0.2) is 0 Å². The van der Waals surface area contributed by atoms with Crippen molar-refractivity contribution in [1.29, 1.82) is 0 Å². The zero-order valence-electron chi connectivity index (χ0n) is 9.04. The minimum atomic E-state index is -0.421. The quantitative estimate of drug-likeness (QED) is 0.723. The van der Waals surface area contributed by atoms with E-state index in [0.717, 1.165) is 0 Å². The third-order valence-corrected chi connectivity index (χ3v) is 2.88. The summed E-state index contributed by atoms with van der Waals surface area (Å²) in [5.41, 5.74) is 4.98. The molecule has 0 bridgehead atoms. The van der Waals surface area contributed by atoms with Gasteiger partial charge in [0, 0.05) is 6.20 Å². The van der Waals surface area contributed by atoms with Gasteiger partial charge in [0.2, 0.25) is 0 Å². The number of hydrogen-bond acceptors (Lipinski definition) is 5. The van der Waals surface area contributed by atoms with Gasteiger partial charge < -0.3 is 15.6 Å². The summed E-state index contributed by atoms with van der Waals surface area (Å²) in [5.74, 6) is 0.422. The lowest BCUT2D eigenvalue weighted by molar-refractivity contribution is -0.0312. The summed E-state index contributed by atoms with van der Waals surface area (Å²) >= 11 is 0. The SMILES string of the molecule is CC1C[C@@H](n2ccc(N)nc2=O)O[C@H]1CO. The van der Waals surface area contributed by atoms with Crippen molar-refractivity contribution in [1.82, 2.24) is 9.55 Å². The first kappa shape index (κ1) is 11.1. The van der Waals surface area contributed by atoms with Crippen LogP contribution in [0.5, 0.6) is 0 Å². The Balaban J connectivity index is 2.23. The predicted molar refractivity (Wildman–Crippen MR) is 57.7 cm³/mol. The monoisotopic (exact) mass is 225 g/mol. The van der Waals surface area contributed by atoms with E-state index in [1.54, 1.807) is 12.3 Å². The van der Waals surface area contributed by atoms with Crippen LogP contribution in [-0.4, -0.2) is 27.4 Å². The lowest BCUT2D eigenvalue weighted by atomic mass is 10.0. The molecule has 6 nitrogen and oxygen atoms in total. The second-order valence-corrected chi connectivity index (χ2v) is 4.07. The van der Waals surface area contributed by atoms with Crippen molar-refractivity contribution in [3.05, 3.63) is 22.7 Å². The van der Waals surface area contributed by atoms with Gasteiger partial charge >= 0.3 is 5.69 Å². The number of nitrogens with zero attached hydrogens (tertiary/aromatic N) is 2. The first-order valence-electron chi connectivity index (χ1n) is 5.23. The number of ether oxygens (including phenoxy) is 1. The molecule has 1 aromatic rings. The molecule has 1 fully saturated rings. The Kier molecular flexibility index (Phi) is 2.93. The second kappa shape index (κ2) is 4.23. The van der Waals surface area contributed by atoms with E-state index in [2.05, 4.69) is 4.98 Å². The van der Waals surface area contributed by atoms with E-state index in [0.29, 0.717) is 6.42 Å². The van der Waals surface area contributed by atoms with Crippen molar-refractivity contribution in [3.63, 3.8) is 0 Å². The van der Waals surface area contributed by atoms with E-state index in [1.807, 2.05) is 6.92 Å². The topological polar surface area (TPSA) is 90.4 Å². The molecule has 6 heteroatoms. The zero-order chi connectivity index (χ0) is 11.7. The van der Waals surface area contributed by atoms with Crippen LogP contribution in [-0.2, 0) is 4.74 Å². The van der Waals surface area contributed by atoms with Crippen molar-refractivity contribution >= 4 is 5.82 Å². The maximum Gasteiger partial charge on any atom is 0.351 e. The molecule has 3 N–H and O–H groups in total. The Labute approximate surface area is 92.7 Å². The summed E-state index contributed by atoms with van der Waals surface area (Å²) in [5, 5.41) is 9.07. The van der Waals surface area contributed by atoms with E-state index in [-0.39, 0.29) is 30.7 Å². The normalized spacial score (nSPS) is 29.5. The number of aliphatic hydroxyl groups is 1. The third-order valence-electron chi connectivity index (χ3n) is 2.88. The number of nitrogens with two attached hydrogens (primary N) is 1. The minimum Gasteiger partial charge on any atom is -0.394 e. The van der Waals surface area contributed by atoms with Crippen LogP contribution in [0.2, 0.25) is 0 Å². The average Bonchev–Trinajstić information content (AvgIpc) is 2.59. The fraction of sp³-hybridized carbons (Fsp3) is 0.600. The smallest absolute Gasteiger partial charge is 0.351 e. The molecule has 0 amide bonds. The molecule has 88 valence electrons. The third kappa shape index (κ3) is 1.94. The fourth-order valence-corrected chi connectivity index (χ4v) is 1.91. The largest absolute Gasteiger partial charge is 0.394 e. The molecule has 1 aromatic heterocycles. The first-order valence-corrected chi connectivity index (χ1v) is 5.23. The highest BCUT2D eigenvalue weighted by Gasteiger charge is 2.33. The molecule has 1 aliphatic rings. The van der Waals surface area contributed by atoms with E-state index in [4.69, 9.17) is 15.6 Å². The van der Waals surface area contributed by atoms with Gasteiger partial charge in [-0.3, -0.25) is 4.57 Å². The van der Waals surface area contributed by atoms with Crippen molar-refractivity contribution in [2.75, 3.05) is 12.3 Å². The molecule has 0 radical (unpaired) electrons. The molecule has 3 atom stereocenters. The van der Waals surface area contributed by atoms with Crippen LogP contribution in [0.15, 0.2) is 17.1 Å². The molecule has 0 spiro atoms. The molecule has 2 rings (SSSR count). The van der Waals surface area contributed by atoms with Crippen LogP contribution < -0.4 is 11.4 Å². The Morgan fingerprint density at radius 2 is 2.50 bits per heavy atom. The molecule has 0 aromatic carbocycles. The number of nitrogen functional groups attached to an aromatic ring is 1. The average molecular weight is 225 g/mol. The molecule has 0 saturated carbocycles. The molecule has 0 aliphatic carbocycles. The minimum absolute atomic E-state index is 0.0329. The van der Waals surface area contributed by atoms with Gasteiger partial charge in [-0.25, -0.2) is 4.79 Å². The Morgan fingerprint density at radius 1 is 1.75 bits per heavy atom. The summed E-state index contributed by atoms with van der Waals surface area (Å²) in [6.07, 6.45) is 1.70. The molecular weight excluding hydrogens is 210 g/mol. The van der Waals surface area contributed by atoms with E-state index < -0.39 is 5.69 Å². The number of aliphatic hydroxyl groups excluding tert-OH is 1. The fourth-order valence-electron chi connectivity index (χ4n) is 1.91. The number of rotatable bonds is 2. The molecule has 16 heavy (non-hydrogen) atoms. The summed E-state index contributed by atoms with van der Waals surface area (Å²) in [4.78, 5) is 15.2. The Bertz CT molecular complexity index is 432. The molecular formula is C10H15N3O3. The van der Waals surface area contributed by atoms with E-state index in [1.165, 1.54) is 4.57 Å². The predicted octanol–water partition coefficient (Wildman–Crippen LogP) is -0.259. The molecule has 2 heterocycles. The highest BCUT2D eigenvalue weighted by molar-refractivity contribution is 5.23.